The molecule has 3 fully saturated rings. The van der Waals surface area contributed by atoms with Crippen molar-refractivity contribution in [2.45, 2.75) is 104 Å². The fourth-order valence-electron chi connectivity index (χ4n) is 8.25. The Morgan fingerprint density at radius 1 is 1.14 bits per heavy atom. The van der Waals surface area contributed by atoms with Crippen LogP contribution < -0.4 is 0 Å². The van der Waals surface area contributed by atoms with Crippen molar-refractivity contribution >= 4 is 0 Å². The molecular formula is C27H44O2. The molecule has 4 aliphatic carbocycles. The van der Waals surface area contributed by atoms with E-state index in [4.69, 9.17) is 0 Å². The van der Waals surface area contributed by atoms with E-state index in [0.29, 0.717) is 16.7 Å². The summed E-state index contributed by atoms with van der Waals surface area (Å²) in [6, 6.07) is 0. The van der Waals surface area contributed by atoms with Crippen molar-refractivity contribution in [2.75, 3.05) is 0 Å². The molecule has 0 aliphatic heterocycles. The molecule has 0 bridgehead atoms. The number of aliphatic hydroxyl groups excluding tert-OH is 1. The van der Waals surface area contributed by atoms with Crippen LogP contribution in [-0.4, -0.2) is 21.9 Å². The van der Waals surface area contributed by atoms with Gasteiger partial charge in [-0.2, -0.15) is 0 Å². The molecule has 4 rings (SSSR count). The Balaban J connectivity index is 1.51. The third-order valence-electron chi connectivity index (χ3n) is 9.84. The fraction of sp³-hybridized carbons (Fsp3) is 0.852. The molecule has 0 aromatic heterocycles. The van der Waals surface area contributed by atoms with E-state index in [1.54, 1.807) is 5.57 Å². The predicted octanol–water partition coefficient (Wildman–Crippen LogP) is 6.28. The van der Waals surface area contributed by atoms with Gasteiger partial charge >= 0.3 is 0 Å². The molecule has 8 atom stereocenters. The van der Waals surface area contributed by atoms with Gasteiger partial charge in [0.15, 0.2) is 0 Å². The van der Waals surface area contributed by atoms with Crippen LogP contribution in [0.1, 0.15) is 92.4 Å². The molecule has 0 aromatic carbocycles. The molecule has 2 N–H and O–H groups in total. The van der Waals surface area contributed by atoms with Gasteiger partial charge in [-0.3, -0.25) is 0 Å². The molecule has 0 radical (unpaired) electrons. The lowest BCUT2D eigenvalue weighted by Gasteiger charge is -2.58. The lowest BCUT2D eigenvalue weighted by molar-refractivity contribution is -0.0540. The maximum Gasteiger partial charge on any atom is 0.0626 e. The first-order chi connectivity index (χ1) is 13.5. The maximum atomic E-state index is 10.2. The first-order valence-electron chi connectivity index (χ1n) is 12.3. The third kappa shape index (κ3) is 3.78. The van der Waals surface area contributed by atoms with E-state index < -0.39 is 5.60 Å². The summed E-state index contributed by atoms with van der Waals surface area (Å²) in [6.07, 6.45) is 17.7. The second-order valence-corrected chi connectivity index (χ2v) is 12.2. The largest absolute Gasteiger partial charge is 0.393 e. The van der Waals surface area contributed by atoms with Crippen molar-refractivity contribution in [1.82, 2.24) is 0 Å². The van der Waals surface area contributed by atoms with E-state index in [1.165, 1.54) is 38.5 Å². The summed E-state index contributed by atoms with van der Waals surface area (Å²) in [5.74, 6) is 3.90. The summed E-state index contributed by atoms with van der Waals surface area (Å²) in [5.41, 5.74) is 1.79. The van der Waals surface area contributed by atoms with Crippen molar-refractivity contribution in [2.24, 2.45) is 40.4 Å². The zero-order chi connectivity index (χ0) is 21.0. The lowest BCUT2D eigenvalue weighted by Crippen LogP contribution is -2.50. The van der Waals surface area contributed by atoms with E-state index in [-0.39, 0.29) is 6.10 Å². The predicted molar refractivity (Wildman–Crippen MR) is 120 cm³/mol. The average molecular weight is 401 g/mol. The maximum absolute atomic E-state index is 10.2. The highest BCUT2D eigenvalue weighted by Gasteiger charge is 2.58. The minimum Gasteiger partial charge on any atom is -0.393 e. The second kappa shape index (κ2) is 7.52. The van der Waals surface area contributed by atoms with Gasteiger partial charge in [0.25, 0.3) is 0 Å². The molecule has 0 saturated heterocycles. The van der Waals surface area contributed by atoms with Crippen molar-refractivity contribution in [1.29, 1.82) is 0 Å². The fourth-order valence-corrected chi connectivity index (χ4v) is 8.25. The van der Waals surface area contributed by atoms with Gasteiger partial charge in [-0.25, -0.2) is 0 Å². The Kier molecular flexibility index (Phi) is 5.61. The van der Waals surface area contributed by atoms with Crippen LogP contribution in [0, 0.1) is 40.4 Å². The average Bonchev–Trinajstić information content (AvgIpc) is 2.98. The van der Waals surface area contributed by atoms with Crippen LogP contribution in [0.5, 0.6) is 0 Å². The van der Waals surface area contributed by atoms with Crippen molar-refractivity contribution in [3.8, 4) is 0 Å². The Morgan fingerprint density at radius 2 is 1.90 bits per heavy atom. The van der Waals surface area contributed by atoms with Crippen molar-refractivity contribution in [3.63, 3.8) is 0 Å². The first kappa shape index (κ1) is 21.6. The standard InChI is InChI=1S/C27H44O2/c1-18(7-6-14-25(2,3)29)22-10-11-23-21-9-8-19-17-20(28)12-15-26(19,4)24(21)13-16-27(22,23)5/h6-8,18,20-24,28-29H,9-17H2,1-5H3/t18-,20?,21-,22+,23-,24-,26-,27+/m0/s1. The number of aliphatic hydroxyl groups is 2. The molecule has 1 unspecified atom stereocenters. The molecule has 3 saturated carbocycles. The summed E-state index contributed by atoms with van der Waals surface area (Å²) < 4.78 is 0. The normalized spacial score (nSPS) is 46.0. The Labute approximate surface area is 178 Å². The molecule has 29 heavy (non-hydrogen) atoms. The van der Waals surface area contributed by atoms with Crippen LogP contribution in [0.25, 0.3) is 0 Å². The Morgan fingerprint density at radius 3 is 2.62 bits per heavy atom. The van der Waals surface area contributed by atoms with E-state index in [1.807, 2.05) is 13.8 Å². The highest BCUT2D eigenvalue weighted by atomic mass is 16.3. The first-order valence-corrected chi connectivity index (χ1v) is 12.3. The second-order valence-electron chi connectivity index (χ2n) is 12.2. The number of hydrogen-bond acceptors (Lipinski definition) is 2. The van der Waals surface area contributed by atoms with Crippen molar-refractivity contribution < 1.29 is 10.2 Å². The van der Waals surface area contributed by atoms with Gasteiger partial charge in [0, 0.05) is 0 Å². The number of rotatable bonds is 4. The monoisotopic (exact) mass is 400 g/mol. The van der Waals surface area contributed by atoms with E-state index in [9.17, 15) is 10.2 Å². The van der Waals surface area contributed by atoms with Gasteiger partial charge in [0.1, 0.15) is 0 Å². The van der Waals surface area contributed by atoms with Crippen LogP contribution in [0.2, 0.25) is 0 Å². The van der Waals surface area contributed by atoms with Crippen LogP contribution in [0.15, 0.2) is 23.8 Å². The van der Waals surface area contributed by atoms with Gasteiger partial charge in [0.2, 0.25) is 0 Å². The molecule has 2 heteroatoms. The smallest absolute Gasteiger partial charge is 0.0626 e. The van der Waals surface area contributed by atoms with E-state index in [0.717, 1.165) is 42.9 Å². The van der Waals surface area contributed by atoms with Gasteiger partial charge in [0.05, 0.1) is 11.7 Å². The zero-order valence-electron chi connectivity index (χ0n) is 19.5. The molecule has 0 aromatic rings. The van der Waals surface area contributed by atoms with Gasteiger partial charge in [-0.1, -0.05) is 44.6 Å². The van der Waals surface area contributed by atoms with Crippen LogP contribution in [0.3, 0.4) is 0 Å². The molecule has 164 valence electrons. The minimum absolute atomic E-state index is 0.105. The zero-order valence-corrected chi connectivity index (χ0v) is 19.5. The van der Waals surface area contributed by atoms with E-state index in [2.05, 4.69) is 39.0 Å². The molecule has 2 nitrogen and oxygen atoms in total. The Bertz CT molecular complexity index is 671. The van der Waals surface area contributed by atoms with E-state index >= 15 is 0 Å². The lowest BCUT2D eigenvalue weighted by atomic mass is 9.47. The summed E-state index contributed by atoms with van der Waals surface area (Å²) in [6.45, 7) is 11.3. The highest BCUT2D eigenvalue weighted by molar-refractivity contribution is 5.25. The summed E-state index contributed by atoms with van der Waals surface area (Å²) >= 11 is 0. The SMILES string of the molecule is C[C@@H](C=CCC(C)(C)O)[C@H]1CC[C@H]2[C@@H]3CC=C4CC(O)CC[C@]4(C)[C@H]3CC[C@]12C. The molecule has 0 amide bonds. The highest BCUT2D eigenvalue weighted by Crippen LogP contribution is 2.67. The summed E-state index contributed by atoms with van der Waals surface area (Å²) in [7, 11) is 0. The number of hydrogen-bond donors (Lipinski definition) is 2. The Hall–Kier alpha value is -0.600. The number of allylic oxidation sites excluding steroid dienone is 2. The quantitative estimate of drug-likeness (QED) is 0.545. The van der Waals surface area contributed by atoms with Gasteiger partial charge in [-0.15, -0.1) is 0 Å². The summed E-state index contributed by atoms with van der Waals surface area (Å²) in [4.78, 5) is 0. The van der Waals surface area contributed by atoms with Crippen LogP contribution in [-0.2, 0) is 0 Å². The summed E-state index contributed by atoms with van der Waals surface area (Å²) in [5, 5.41) is 20.2. The molecule has 0 spiro atoms. The minimum atomic E-state index is -0.606. The van der Waals surface area contributed by atoms with Crippen molar-refractivity contribution in [3.05, 3.63) is 23.8 Å². The van der Waals surface area contributed by atoms with Crippen LogP contribution in [0.4, 0.5) is 0 Å². The molecule has 0 heterocycles. The molecule has 4 aliphatic rings. The third-order valence-corrected chi connectivity index (χ3v) is 9.84. The van der Waals surface area contributed by atoms with Crippen LogP contribution >= 0.6 is 0 Å². The van der Waals surface area contributed by atoms with Gasteiger partial charge in [-0.05, 0) is 112 Å². The van der Waals surface area contributed by atoms with Gasteiger partial charge < -0.3 is 10.2 Å². The molecular weight excluding hydrogens is 356 g/mol. The topological polar surface area (TPSA) is 40.5 Å². The number of fused-ring (bicyclic) bond motifs is 5.